The lowest BCUT2D eigenvalue weighted by Gasteiger charge is -2.29. The lowest BCUT2D eigenvalue weighted by atomic mass is 9.90. The number of rotatable bonds is 1. The fraction of sp³-hybridized carbons (Fsp3) is 0.700. The first-order chi connectivity index (χ1) is 6.59. The predicted octanol–water partition coefficient (Wildman–Crippen LogP) is 2.31. The Hall–Kier alpha value is -0.930. The van der Waals surface area contributed by atoms with E-state index in [1.807, 2.05) is 6.92 Å². The van der Waals surface area contributed by atoms with Crippen molar-refractivity contribution in [1.29, 1.82) is 0 Å². The van der Waals surface area contributed by atoms with Crippen LogP contribution in [0.3, 0.4) is 0 Å². The molecule has 0 radical (unpaired) electrons. The highest BCUT2D eigenvalue weighted by molar-refractivity contribution is 5.81. The van der Waals surface area contributed by atoms with Crippen LogP contribution in [-0.2, 0) is 4.79 Å². The van der Waals surface area contributed by atoms with E-state index in [0.29, 0.717) is 12.8 Å². The minimum atomic E-state index is -1.60. The molecule has 1 amide bonds. The molecule has 0 aromatic rings. The highest BCUT2D eigenvalue weighted by Crippen LogP contribution is 2.45. The predicted molar refractivity (Wildman–Crippen MR) is 47.8 cm³/mol. The van der Waals surface area contributed by atoms with Crippen molar-refractivity contribution in [2.24, 2.45) is 0 Å². The van der Waals surface area contributed by atoms with E-state index in [1.54, 1.807) is 4.90 Å². The lowest BCUT2D eigenvalue weighted by Crippen LogP contribution is -2.39. The van der Waals surface area contributed by atoms with E-state index in [4.69, 9.17) is 0 Å². The summed E-state index contributed by atoms with van der Waals surface area (Å²) in [5.41, 5.74) is -0.129. The van der Waals surface area contributed by atoms with Gasteiger partial charge in [0.25, 0.3) is 6.08 Å². The van der Waals surface area contributed by atoms with Gasteiger partial charge in [-0.15, -0.1) is 0 Å². The first kappa shape index (κ1) is 9.62. The molecular formula is C10H13F2NO. The Morgan fingerprint density at radius 2 is 2.29 bits per heavy atom. The zero-order valence-corrected chi connectivity index (χ0v) is 8.15. The molecule has 0 N–H and O–H groups in total. The van der Waals surface area contributed by atoms with E-state index < -0.39 is 6.08 Å². The fourth-order valence-electron chi connectivity index (χ4n) is 2.58. The molecule has 0 aromatic carbocycles. The molecule has 2 heterocycles. The maximum atomic E-state index is 12.4. The van der Waals surface area contributed by atoms with Crippen molar-refractivity contribution < 1.29 is 13.6 Å². The van der Waals surface area contributed by atoms with Crippen LogP contribution >= 0.6 is 0 Å². The average molecular weight is 201 g/mol. The molecule has 78 valence electrons. The summed E-state index contributed by atoms with van der Waals surface area (Å²) >= 11 is 0. The summed E-state index contributed by atoms with van der Waals surface area (Å²) in [5.74, 6) is 0.0306. The number of hydrogen-bond acceptors (Lipinski definition) is 1. The van der Waals surface area contributed by atoms with Crippen molar-refractivity contribution in [3.8, 4) is 0 Å². The second-order valence-electron chi connectivity index (χ2n) is 4.10. The Balaban J connectivity index is 2.32. The van der Waals surface area contributed by atoms with Gasteiger partial charge in [-0.05, 0) is 19.3 Å². The third-order valence-electron chi connectivity index (χ3n) is 3.49. The molecule has 14 heavy (non-hydrogen) atoms. The molecule has 2 aliphatic rings. The van der Waals surface area contributed by atoms with Crippen LogP contribution in [-0.4, -0.2) is 22.9 Å². The van der Waals surface area contributed by atoms with E-state index in [9.17, 15) is 13.6 Å². The Morgan fingerprint density at radius 3 is 2.79 bits per heavy atom. The number of carbonyl (C=O) groups is 1. The standard InChI is InChI=1S/C10H13F2NO/c1-2-10-4-3-8(14)13(10)6-7(5-10)9(11)12/h2-6H2,1H3. The number of hydrogen-bond donors (Lipinski definition) is 0. The van der Waals surface area contributed by atoms with Gasteiger partial charge in [-0.3, -0.25) is 4.79 Å². The van der Waals surface area contributed by atoms with E-state index in [-0.39, 0.29) is 23.6 Å². The molecule has 0 aliphatic carbocycles. The van der Waals surface area contributed by atoms with Gasteiger partial charge in [0.1, 0.15) is 0 Å². The molecule has 1 atom stereocenters. The first-order valence-electron chi connectivity index (χ1n) is 4.92. The highest BCUT2D eigenvalue weighted by atomic mass is 19.3. The van der Waals surface area contributed by atoms with E-state index in [1.165, 1.54) is 0 Å². The van der Waals surface area contributed by atoms with Crippen LogP contribution in [0.1, 0.15) is 32.6 Å². The molecule has 2 rings (SSSR count). The Labute approximate surface area is 81.6 Å². The van der Waals surface area contributed by atoms with Gasteiger partial charge in [0.05, 0.1) is 0 Å². The van der Waals surface area contributed by atoms with Crippen LogP contribution in [0.5, 0.6) is 0 Å². The van der Waals surface area contributed by atoms with E-state index >= 15 is 0 Å². The average Bonchev–Trinajstić information content (AvgIpc) is 2.65. The molecule has 2 saturated heterocycles. The molecule has 0 aromatic heterocycles. The molecule has 1 unspecified atom stereocenters. The Kier molecular flexibility index (Phi) is 2.09. The fourth-order valence-corrected chi connectivity index (χ4v) is 2.58. The van der Waals surface area contributed by atoms with Gasteiger partial charge in [-0.25, -0.2) is 0 Å². The molecule has 0 spiro atoms. The van der Waals surface area contributed by atoms with Gasteiger partial charge in [0, 0.05) is 24.1 Å². The smallest absolute Gasteiger partial charge is 0.271 e. The van der Waals surface area contributed by atoms with Crippen LogP contribution < -0.4 is 0 Å². The summed E-state index contributed by atoms with van der Waals surface area (Å²) in [4.78, 5) is 13.1. The van der Waals surface area contributed by atoms with Crippen molar-refractivity contribution in [3.05, 3.63) is 11.7 Å². The summed E-state index contributed by atoms with van der Waals surface area (Å²) in [6, 6.07) is 0. The SMILES string of the molecule is CCC12CCC(=O)N1CC(=C(F)F)C2. The number of fused-ring (bicyclic) bond motifs is 1. The number of carbonyl (C=O) groups excluding carboxylic acids is 1. The molecule has 2 aliphatic heterocycles. The van der Waals surface area contributed by atoms with Crippen molar-refractivity contribution in [3.63, 3.8) is 0 Å². The first-order valence-corrected chi connectivity index (χ1v) is 4.92. The van der Waals surface area contributed by atoms with Gasteiger partial charge in [0.2, 0.25) is 5.91 Å². The van der Waals surface area contributed by atoms with Gasteiger partial charge in [-0.1, -0.05) is 6.92 Å². The van der Waals surface area contributed by atoms with Crippen LogP contribution in [0.2, 0.25) is 0 Å². The summed E-state index contributed by atoms with van der Waals surface area (Å²) in [6.07, 6.45) is 0.807. The van der Waals surface area contributed by atoms with Gasteiger partial charge >= 0.3 is 0 Å². The topological polar surface area (TPSA) is 20.3 Å². The van der Waals surface area contributed by atoms with Crippen molar-refractivity contribution in [2.45, 2.75) is 38.1 Å². The van der Waals surface area contributed by atoms with Gasteiger partial charge in [0.15, 0.2) is 0 Å². The van der Waals surface area contributed by atoms with Crippen molar-refractivity contribution in [2.75, 3.05) is 6.54 Å². The Bertz CT molecular complexity index is 309. The lowest BCUT2D eigenvalue weighted by molar-refractivity contribution is -0.129. The zero-order valence-electron chi connectivity index (χ0n) is 8.15. The van der Waals surface area contributed by atoms with Gasteiger partial charge in [-0.2, -0.15) is 8.78 Å². The third kappa shape index (κ3) is 1.16. The minimum Gasteiger partial charge on any atom is -0.332 e. The second-order valence-corrected chi connectivity index (χ2v) is 4.10. The van der Waals surface area contributed by atoms with Crippen LogP contribution in [0.4, 0.5) is 8.78 Å². The molecule has 0 saturated carbocycles. The minimum absolute atomic E-state index is 0.0306. The molecule has 4 heteroatoms. The number of nitrogens with zero attached hydrogens (tertiary/aromatic N) is 1. The zero-order chi connectivity index (χ0) is 10.3. The largest absolute Gasteiger partial charge is 0.332 e. The van der Waals surface area contributed by atoms with E-state index in [0.717, 1.165) is 12.8 Å². The third-order valence-corrected chi connectivity index (χ3v) is 3.49. The quantitative estimate of drug-likeness (QED) is 0.637. The summed E-state index contributed by atoms with van der Waals surface area (Å²) in [5, 5.41) is 0. The molecule has 2 fully saturated rings. The summed E-state index contributed by atoms with van der Waals surface area (Å²) in [6.45, 7) is 2.11. The molecular weight excluding hydrogens is 188 g/mol. The normalized spacial score (nSPS) is 31.2. The maximum absolute atomic E-state index is 12.4. The second kappa shape index (κ2) is 3.04. The molecule has 0 bridgehead atoms. The maximum Gasteiger partial charge on any atom is 0.271 e. The summed E-state index contributed by atoms with van der Waals surface area (Å²) < 4.78 is 24.8. The van der Waals surface area contributed by atoms with Gasteiger partial charge < -0.3 is 4.90 Å². The summed E-state index contributed by atoms with van der Waals surface area (Å²) in [7, 11) is 0. The molecule has 2 nitrogen and oxygen atoms in total. The number of halogens is 2. The monoisotopic (exact) mass is 201 g/mol. The van der Waals surface area contributed by atoms with E-state index in [2.05, 4.69) is 0 Å². The van der Waals surface area contributed by atoms with Crippen LogP contribution in [0.15, 0.2) is 11.7 Å². The Morgan fingerprint density at radius 1 is 1.57 bits per heavy atom. The van der Waals surface area contributed by atoms with Crippen LogP contribution in [0, 0.1) is 0 Å². The highest BCUT2D eigenvalue weighted by Gasteiger charge is 2.49. The van der Waals surface area contributed by atoms with Crippen LogP contribution in [0.25, 0.3) is 0 Å². The number of amides is 1. The van der Waals surface area contributed by atoms with Crippen molar-refractivity contribution >= 4 is 5.91 Å². The van der Waals surface area contributed by atoms with Crippen molar-refractivity contribution in [1.82, 2.24) is 4.90 Å².